The molecule has 1 aromatic rings. The van der Waals surface area contributed by atoms with Crippen molar-refractivity contribution in [2.24, 2.45) is 11.7 Å². The van der Waals surface area contributed by atoms with Crippen molar-refractivity contribution in [3.8, 4) is 0 Å². The number of halogens is 1. The Hall–Kier alpha value is -1.18. The van der Waals surface area contributed by atoms with Crippen LogP contribution >= 0.6 is 11.6 Å². The van der Waals surface area contributed by atoms with E-state index in [4.69, 9.17) is 26.8 Å². The van der Waals surface area contributed by atoms with E-state index in [9.17, 15) is 4.79 Å². The van der Waals surface area contributed by atoms with Gasteiger partial charge >= 0.3 is 0 Å². The number of nitrogens with one attached hydrogen (secondary N) is 1. The lowest BCUT2D eigenvalue weighted by Crippen LogP contribution is -2.50. The maximum Gasteiger partial charge on any atom is 0.237 e. The minimum absolute atomic E-state index is 0.0587. The number of rotatable bonds is 6. The zero-order chi connectivity index (χ0) is 18.4. The Bertz CT molecular complexity index is 589. The van der Waals surface area contributed by atoms with Gasteiger partial charge in [-0.15, -0.1) is 0 Å². The van der Waals surface area contributed by atoms with Crippen LogP contribution in [-0.4, -0.2) is 62.9 Å². The van der Waals surface area contributed by atoms with Gasteiger partial charge in [0.2, 0.25) is 5.91 Å². The SMILES string of the molecule is NC(C(=O)NCC(c1cccc(Cl)c1)N1CCOCC1)C1CCOCC1. The molecule has 26 heavy (non-hydrogen) atoms. The van der Waals surface area contributed by atoms with E-state index < -0.39 is 6.04 Å². The highest BCUT2D eigenvalue weighted by Crippen LogP contribution is 2.24. The van der Waals surface area contributed by atoms with Crippen LogP contribution in [0.4, 0.5) is 0 Å². The largest absolute Gasteiger partial charge is 0.381 e. The van der Waals surface area contributed by atoms with Crippen LogP contribution in [-0.2, 0) is 14.3 Å². The summed E-state index contributed by atoms with van der Waals surface area (Å²) in [7, 11) is 0. The molecular formula is C19H28ClN3O3. The van der Waals surface area contributed by atoms with Crippen molar-refractivity contribution in [2.75, 3.05) is 46.1 Å². The lowest BCUT2D eigenvalue weighted by Gasteiger charge is -2.35. The molecule has 0 bridgehead atoms. The molecule has 2 atom stereocenters. The highest BCUT2D eigenvalue weighted by Gasteiger charge is 2.28. The summed E-state index contributed by atoms with van der Waals surface area (Å²) in [6.07, 6.45) is 1.69. The van der Waals surface area contributed by atoms with Gasteiger partial charge in [0.1, 0.15) is 0 Å². The van der Waals surface area contributed by atoms with Gasteiger partial charge in [-0.05, 0) is 36.5 Å². The maximum atomic E-state index is 12.6. The number of carbonyl (C=O) groups excluding carboxylic acids is 1. The molecule has 1 aromatic carbocycles. The molecule has 144 valence electrons. The van der Waals surface area contributed by atoms with Crippen LogP contribution in [0, 0.1) is 5.92 Å². The quantitative estimate of drug-likeness (QED) is 0.782. The smallest absolute Gasteiger partial charge is 0.237 e. The number of carbonyl (C=O) groups is 1. The highest BCUT2D eigenvalue weighted by atomic mass is 35.5. The van der Waals surface area contributed by atoms with E-state index in [1.807, 2.05) is 18.2 Å². The minimum Gasteiger partial charge on any atom is -0.381 e. The number of nitrogens with zero attached hydrogens (tertiary/aromatic N) is 1. The first-order chi connectivity index (χ1) is 12.6. The molecule has 1 amide bonds. The van der Waals surface area contributed by atoms with Crippen LogP contribution < -0.4 is 11.1 Å². The van der Waals surface area contributed by atoms with Gasteiger partial charge in [0.05, 0.1) is 25.3 Å². The Morgan fingerprint density at radius 2 is 1.92 bits per heavy atom. The zero-order valence-corrected chi connectivity index (χ0v) is 15.8. The van der Waals surface area contributed by atoms with Gasteiger partial charge in [-0.1, -0.05) is 23.7 Å². The van der Waals surface area contributed by atoms with Gasteiger partial charge in [-0.2, -0.15) is 0 Å². The molecule has 2 fully saturated rings. The molecule has 0 radical (unpaired) electrons. The van der Waals surface area contributed by atoms with Crippen LogP contribution in [0.3, 0.4) is 0 Å². The summed E-state index contributed by atoms with van der Waals surface area (Å²) in [5.41, 5.74) is 7.29. The average Bonchev–Trinajstić information content (AvgIpc) is 2.69. The first-order valence-corrected chi connectivity index (χ1v) is 9.71. The van der Waals surface area contributed by atoms with E-state index in [1.165, 1.54) is 0 Å². The summed E-state index contributed by atoms with van der Waals surface area (Å²) in [6, 6.07) is 7.40. The second-order valence-electron chi connectivity index (χ2n) is 6.94. The lowest BCUT2D eigenvalue weighted by molar-refractivity contribution is -0.124. The number of ether oxygens (including phenoxy) is 2. The van der Waals surface area contributed by atoms with Crippen LogP contribution in [0.15, 0.2) is 24.3 Å². The Kier molecular flexibility index (Phi) is 7.28. The van der Waals surface area contributed by atoms with E-state index in [-0.39, 0.29) is 17.9 Å². The zero-order valence-electron chi connectivity index (χ0n) is 15.0. The third-order valence-corrected chi connectivity index (χ3v) is 5.50. The average molecular weight is 382 g/mol. The molecular weight excluding hydrogens is 354 g/mol. The van der Waals surface area contributed by atoms with Crippen LogP contribution in [0.2, 0.25) is 5.02 Å². The molecule has 2 unspecified atom stereocenters. The maximum absolute atomic E-state index is 12.6. The third kappa shape index (κ3) is 5.18. The first kappa shape index (κ1) is 19.6. The van der Waals surface area contributed by atoms with Gasteiger partial charge < -0.3 is 20.5 Å². The number of amides is 1. The summed E-state index contributed by atoms with van der Waals surface area (Å²) in [6.45, 7) is 4.95. The summed E-state index contributed by atoms with van der Waals surface area (Å²) >= 11 is 6.18. The number of hydrogen-bond acceptors (Lipinski definition) is 5. The molecule has 6 nitrogen and oxygen atoms in total. The Morgan fingerprint density at radius 3 is 2.62 bits per heavy atom. The molecule has 0 spiro atoms. The molecule has 2 aliphatic heterocycles. The summed E-state index contributed by atoms with van der Waals surface area (Å²) in [5, 5.41) is 3.76. The Balaban J connectivity index is 1.64. The standard InChI is InChI=1S/C19H28ClN3O3/c20-16-3-1-2-15(12-16)17(23-6-10-26-11-7-23)13-22-19(24)18(21)14-4-8-25-9-5-14/h1-3,12,14,17-18H,4-11,13,21H2,(H,22,24). The van der Waals surface area contributed by atoms with Crippen molar-refractivity contribution in [2.45, 2.75) is 24.9 Å². The van der Waals surface area contributed by atoms with Crippen molar-refractivity contribution in [1.82, 2.24) is 10.2 Å². The normalized spacial score (nSPS) is 21.9. The fraction of sp³-hybridized carbons (Fsp3) is 0.632. The van der Waals surface area contributed by atoms with E-state index >= 15 is 0 Å². The number of morpholine rings is 1. The predicted molar refractivity (Wildman–Crippen MR) is 101 cm³/mol. The van der Waals surface area contributed by atoms with Crippen LogP contribution in [0.5, 0.6) is 0 Å². The Labute approximate surface area is 160 Å². The van der Waals surface area contributed by atoms with Crippen LogP contribution in [0.1, 0.15) is 24.4 Å². The molecule has 0 aromatic heterocycles. The van der Waals surface area contributed by atoms with E-state index in [0.29, 0.717) is 38.0 Å². The summed E-state index contributed by atoms with van der Waals surface area (Å²) < 4.78 is 10.8. The van der Waals surface area contributed by atoms with E-state index in [0.717, 1.165) is 31.5 Å². The van der Waals surface area contributed by atoms with Crippen molar-refractivity contribution in [3.05, 3.63) is 34.9 Å². The lowest BCUT2D eigenvalue weighted by atomic mass is 9.92. The molecule has 3 rings (SSSR count). The molecule has 7 heteroatoms. The van der Waals surface area contributed by atoms with Crippen molar-refractivity contribution < 1.29 is 14.3 Å². The van der Waals surface area contributed by atoms with Crippen molar-refractivity contribution >= 4 is 17.5 Å². The van der Waals surface area contributed by atoms with E-state index in [1.54, 1.807) is 0 Å². The van der Waals surface area contributed by atoms with Crippen LogP contribution in [0.25, 0.3) is 0 Å². The highest BCUT2D eigenvalue weighted by molar-refractivity contribution is 6.30. The summed E-state index contributed by atoms with van der Waals surface area (Å²) in [5.74, 6) is 0.106. The molecule has 3 N–H and O–H groups in total. The predicted octanol–water partition coefficient (Wildman–Crippen LogP) is 1.58. The number of hydrogen-bond donors (Lipinski definition) is 2. The van der Waals surface area contributed by atoms with Crippen molar-refractivity contribution in [1.29, 1.82) is 0 Å². The van der Waals surface area contributed by atoms with Gasteiger partial charge in [-0.3, -0.25) is 9.69 Å². The monoisotopic (exact) mass is 381 g/mol. The topological polar surface area (TPSA) is 76.8 Å². The molecule has 2 aliphatic rings. The van der Waals surface area contributed by atoms with Gasteiger partial charge in [0.15, 0.2) is 0 Å². The van der Waals surface area contributed by atoms with Gasteiger partial charge in [0.25, 0.3) is 0 Å². The number of nitrogens with two attached hydrogens (primary N) is 1. The molecule has 2 saturated heterocycles. The minimum atomic E-state index is -0.483. The summed E-state index contributed by atoms with van der Waals surface area (Å²) in [4.78, 5) is 14.9. The molecule has 0 aliphatic carbocycles. The van der Waals surface area contributed by atoms with Gasteiger partial charge in [0, 0.05) is 37.9 Å². The van der Waals surface area contributed by atoms with Gasteiger partial charge in [-0.25, -0.2) is 0 Å². The van der Waals surface area contributed by atoms with E-state index in [2.05, 4.69) is 16.3 Å². The first-order valence-electron chi connectivity index (χ1n) is 9.33. The molecule has 0 saturated carbocycles. The van der Waals surface area contributed by atoms with Crippen molar-refractivity contribution in [3.63, 3.8) is 0 Å². The fourth-order valence-corrected chi connectivity index (χ4v) is 3.86. The molecule has 2 heterocycles. The fourth-order valence-electron chi connectivity index (χ4n) is 3.66. The number of benzene rings is 1. The second kappa shape index (κ2) is 9.67. The third-order valence-electron chi connectivity index (χ3n) is 5.27. The Morgan fingerprint density at radius 1 is 1.23 bits per heavy atom. The second-order valence-corrected chi connectivity index (χ2v) is 7.38.